The molecule has 1 aliphatic rings. The van der Waals surface area contributed by atoms with Crippen molar-refractivity contribution in [1.29, 1.82) is 0 Å². The van der Waals surface area contributed by atoms with Gasteiger partial charge in [0, 0.05) is 23.8 Å². The zero-order valence-corrected chi connectivity index (χ0v) is 11.6. The Bertz CT molecular complexity index is 598. The summed E-state index contributed by atoms with van der Waals surface area (Å²) >= 11 is 0. The minimum Gasteiger partial charge on any atom is -0.370 e. The van der Waals surface area contributed by atoms with E-state index in [0.717, 1.165) is 35.1 Å². The van der Waals surface area contributed by atoms with E-state index in [1.54, 1.807) is 0 Å². The molecule has 0 unspecified atom stereocenters. The molecule has 2 aromatic heterocycles. The van der Waals surface area contributed by atoms with E-state index in [0.29, 0.717) is 6.04 Å². The molecular formula is C14H19N5. The first kappa shape index (κ1) is 12.1. The lowest BCUT2D eigenvalue weighted by Crippen LogP contribution is -2.07. The van der Waals surface area contributed by atoms with Crippen LogP contribution < -0.4 is 5.32 Å². The van der Waals surface area contributed by atoms with Gasteiger partial charge in [0.05, 0.1) is 12.5 Å². The summed E-state index contributed by atoms with van der Waals surface area (Å²) < 4.78 is 2.19. The average Bonchev–Trinajstić information content (AvgIpc) is 3.12. The number of rotatable bonds is 4. The second kappa shape index (κ2) is 4.64. The molecule has 0 atom stereocenters. The minimum absolute atomic E-state index is 0.588. The van der Waals surface area contributed by atoms with Gasteiger partial charge in [0.1, 0.15) is 11.5 Å². The van der Waals surface area contributed by atoms with Gasteiger partial charge in [-0.25, -0.2) is 15.0 Å². The first-order valence-electron chi connectivity index (χ1n) is 6.82. The molecule has 0 radical (unpaired) electrons. The molecule has 0 spiro atoms. The highest BCUT2D eigenvalue weighted by atomic mass is 15.1. The first-order valence-corrected chi connectivity index (χ1v) is 6.82. The largest absolute Gasteiger partial charge is 0.370 e. The Morgan fingerprint density at radius 1 is 1.32 bits per heavy atom. The van der Waals surface area contributed by atoms with E-state index in [1.165, 1.54) is 12.8 Å². The van der Waals surface area contributed by atoms with Crippen molar-refractivity contribution in [2.45, 2.75) is 39.7 Å². The molecule has 2 aromatic rings. The van der Waals surface area contributed by atoms with Crippen LogP contribution in [0.2, 0.25) is 0 Å². The summed E-state index contributed by atoms with van der Waals surface area (Å²) in [6, 6.07) is 0.588. The fraction of sp³-hybridized carbons (Fsp3) is 0.500. The topological polar surface area (TPSA) is 55.6 Å². The maximum absolute atomic E-state index is 4.65. The zero-order valence-electron chi connectivity index (χ0n) is 11.6. The van der Waals surface area contributed by atoms with Crippen molar-refractivity contribution in [3.05, 3.63) is 23.8 Å². The van der Waals surface area contributed by atoms with E-state index in [-0.39, 0.29) is 0 Å². The third kappa shape index (κ3) is 2.20. The summed E-state index contributed by atoms with van der Waals surface area (Å²) in [6.45, 7) is 7.01. The average molecular weight is 257 g/mol. The predicted octanol–water partition coefficient (Wildman–Crippen LogP) is 2.72. The van der Waals surface area contributed by atoms with Gasteiger partial charge < -0.3 is 9.88 Å². The van der Waals surface area contributed by atoms with E-state index in [1.807, 2.05) is 19.4 Å². The molecule has 0 aromatic carbocycles. The van der Waals surface area contributed by atoms with E-state index >= 15 is 0 Å². The van der Waals surface area contributed by atoms with Crippen LogP contribution in [0.15, 0.2) is 12.5 Å². The first-order chi connectivity index (χ1) is 9.20. The molecule has 5 heteroatoms. The van der Waals surface area contributed by atoms with Crippen LogP contribution in [0.3, 0.4) is 0 Å². The van der Waals surface area contributed by atoms with Crippen LogP contribution in [0.4, 0.5) is 5.82 Å². The molecule has 100 valence electrons. The number of anilines is 1. The summed E-state index contributed by atoms with van der Waals surface area (Å²) in [4.78, 5) is 13.5. The maximum atomic E-state index is 4.65. The Hall–Kier alpha value is -1.91. The molecule has 1 saturated carbocycles. The fourth-order valence-corrected chi connectivity index (χ4v) is 2.20. The lowest BCUT2D eigenvalue weighted by atomic mass is 10.2. The maximum Gasteiger partial charge on any atom is 0.180 e. The molecule has 19 heavy (non-hydrogen) atoms. The standard InChI is InChI=1S/C14H19N5/c1-4-16-13-9(2)10(3)17-14(18-13)12-7-15-8-19(12)11-5-6-11/h7-8,11H,4-6H2,1-3H3,(H,16,17,18). The normalized spacial score (nSPS) is 14.7. The lowest BCUT2D eigenvalue weighted by Gasteiger charge is -2.12. The van der Waals surface area contributed by atoms with Crippen LogP contribution in [0.5, 0.6) is 0 Å². The smallest absolute Gasteiger partial charge is 0.180 e. The van der Waals surface area contributed by atoms with E-state index in [2.05, 4.69) is 38.7 Å². The molecule has 1 aliphatic carbocycles. The number of aromatic nitrogens is 4. The van der Waals surface area contributed by atoms with Gasteiger partial charge in [-0.1, -0.05) is 0 Å². The molecule has 3 rings (SSSR count). The summed E-state index contributed by atoms with van der Waals surface area (Å²) in [7, 11) is 0. The van der Waals surface area contributed by atoms with Crippen molar-refractivity contribution in [3.63, 3.8) is 0 Å². The third-order valence-electron chi connectivity index (χ3n) is 3.57. The van der Waals surface area contributed by atoms with Gasteiger partial charge in [-0.05, 0) is 33.6 Å². The van der Waals surface area contributed by atoms with Crippen LogP contribution >= 0.6 is 0 Å². The Morgan fingerprint density at radius 3 is 2.79 bits per heavy atom. The van der Waals surface area contributed by atoms with Crippen molar-refractivity contribution in [1.82, 2.24) is 19.5 Å². The molecule has 1 N–H and O–H groups in total. The molecular weight excluding hydrogens is 238 g/mol. The fourth-order valence-electron chi connectivity index (χ4n) is 2.20. The van der Waals surface area contributed by atoms with Gasteiger partial charge in [-0.2, -0.15) is 0 Å². The number of aryl methyl sites for hydroxylation is 1. The molecule has 1 fully saturated rings. The Morgan fingerprint density at radius 2 is 2.11 bits per heavy atom. The van der Waals surface area contributed by atoms with Crippen molar-refractivity contribution < 1.29 is 0 Å². The highest BCUT2D eigenvalue weighted by Gasteiger charge is 2.26. The third-order valence-corrected chi connectivity index (χ3v) is 3.57. The molecule has 2 heterocycles. The van der Waals surface area contributed by atoms with Gasteiger partial charge in [0.25, 0.3) is 0 Å². The van der Waals surface area contributed by atoms with Crippen molar-refractivity contribution in [3.8, 4) is 11.5 Å². The van der Waals surface area contributed by atoms with Crippen molar-refractivity contribution in [2.75, 3.05) is 11.9 Å². The molecule has 0 saturated heterocycles. The van der Waals surface area contributed by atoms with Crippen LogP contribution in [0.1, 0.15) is 37.1 Å². The van der Waals surface area contributed by atoms with Gasteiger partial charge in [0.2, 0.25) is 0 Å². The predicted molar refractivity (Wildman–Crippen MR) is 75.2 cm³/mol. The summed E-state index contributed by atoms with van der Waals surface area (Å²) in [5.74, 6) is 1.69. The van der Waals surface area contributed by atoms with Crippen molar-refractivity contribution >= 4 is 5.82 Å². The number of nitrogens with one attached hydrogen (secondary N) is 1. The Kier molecular flexibility index (Phi) is 2.97. The number of nitrogens with zero attached hydrogens (tertiary/aromatic N) is 4. The number of hydrogen-bond acceptors (Lipinski definition) is 4. The van der Waals surface area contributed by atoms with Gasteiger partial charge in [-0.3, -0.25) is 0 Å². The Balaban J connectivity index is 2.06. The van der Waals surface area contributed by atoms with Gasteiger partial charge in [-0.15, -0.1) is 0 Å². The lowest BCUT2D eigenvalue weighted by molar-refractivity contribution is 0.742. The Labute approximate surface area is 113 Å². The minimum atomic E-state index is 0.588. The second-order valence-electron chi connectivity index (χ2n) is 5.05. The quantitative estimate of drug-likeness (QED) is 0.915. The van der Waals surface area contributed by atoms with Crippen molar-refractivity contribution in [2.24, 2.45) is 0 Å². The molecule has 5 nitrogen and oxygen atoms in total. The van der Waals surface area contributed by atoms with Crippen LogP contribution in [0.25, 0.3) is 11.5 Å². The monoisotopic (exact) mass is 257 g/mol. The van der Waals surface area contributed by atoms with E-state index < -0.39 is 0 Å². The van der Waals surface area contributed by atoms with Crippen LogP contribution in [-0.4, -0.2) is 26.1 Å². The number of imidazole rings is 1. The summed E-state index contributed by atoms with van der Waals surface area (Å²) in [5, 5.41) is 3.30. The highest BCUT2D eigenvalue weighted by molar-refractivity contribution is 5.56. The molecule has 0 bridgehead atoms. The summed E-state index contributed by atoms with van der Waals surface area (Å²) in [5.41, 5.74) is 3.15. The zero-order chi connectivity index (χ0) is 13.4. The highest BCUT2D eigenvalue weighted by Crippen LogP contribution is 2.37. The van der Waals surface area contributed by atoms with Gasteiger partial charge >= 0.3 is 0 Å². The summed E-state index contributed by atoms with van der Waals surface area (Å²) in [6.07, 6.45) is 6.21. The van der Waals surface area contributed by atoms with Gasteiger partial charge in [0.15, 0.2) is 5.82 Å². The number of hydrogen-bond donors (Lipinski definition) is 1. The van der Waals surface area contributed by atoms with E-state index in [4.69, 9.17) is 0 Å². The molecule has 0 aliphatic heterocycles. The van der Waals surface area contributed by atoms with Crippen LogP contribution in [0, 0.1) is 13.8 Å². The van der Waals surface area contributed by atoms with Crippen LogP contribution in [-0.2, 0) is 0 Å². The molecule has 0 amide bonds. The van der Waals surface area contributed by atoms with E-state index in [9.17, 15) is 0 Å². The SMILES string of the molecule is CCNc1nc(-c2cncn2C2CC2)nc(C)c1C. The second-order valence-corrected chi connectivity index (χ2v) is 5.05.